The molecule has 2 unspecified atom stereocenters. The van der Waals surface area contributed by atoms with E-state index in [-0.39, 0.29) is 17.9 Å². The fourth-order valence-electron chi connectivity index (χ4n) is 5.68. The minimum atomic E-state index is -0.483. The molecular weight excluding hydrogens is 594 g/mol. The van der Waals surface area contributed by atoms with Gasteiger partial charge >= 0.3 is 0 Å². The molecule has 5 rings (SSSR count). The topological polar surface area (TPSA) is 123 Å². The summed E-state index contributed by atoms with van der Waals surface area (Å²) in [7, 11) is 0. The maximum Gasteiger partial charge on any atom is 0.254 e. The van der Waals surface area contributed by atoms with Gasteiger partial charge in [-0.2, -0.15) is 0 Å². The Bertz CT molecular complexity index is 1630. The first-order valence-electron chi connectivity index (χ1n) is 14.2. The van der Waals surface area contributed by atoms with Gasteiger partial charge in [-0.25, -0.2) is 4.98 Å². The molecule has 1 saturated heterocycles. The van der Waals surface area contributed by atoms with Crippen LogP contribution in [0, 0.1) is 6.92 Å². The molecule has 10 heteroatoms. The Morgan fingerprint density at radius 3 is 2.64 bits per heavy atom. The number of nitrogens with two attached hydrogens (primary N) is 2. The van der Waals surface area contributed by atoms with E-state index >= 15 is 0 Å². The second kappa shape index (κ2) is 12.8. The van der Waals surface area contributed by atoms with E-state index in [1.165, 1.54) is 11.3 Å². The zero-order valence-electron chi connectivity index (χ0n) is 23.9. The molecule has 1 aromatic heterocycles. The molecule has 0 spiro atoms. The number of amides is 1. The van der Waals surface area contributed by atoms with Crippen molar-refractivity contribution in [2.24, 2.45) is 16.5 Å². The SMILES string of the molecule is Cc1cccc(N2CCN(C(=O)c3ccc4c(c3)nc(-c3ccccc3Br)n4C(C=O)CCCN=C(N)N)CC2C)c1. The van der Waals surface area contributed by atoms with Gasteiger partial charge in [-0.05, 0) is 68.7 Å². The lowest BCUT2D eigenvalue weighted by atomic mass is 10.1. The molecule has 218 valence electrons. The number of fused-ring (bicyclic) bond motifs is 1. The standard InChI is InChI=1S/C32H36BrN7O2/c1-21-7-5-8-24(17-21)39-16-15-38(19-22(39)2)31(42)23-12-13-29-28(18-23)37-30(26-10-3-4-11-27(26)33)40(29)25(20-41)9-6-14-36-32(34)35/h3-5,7-8,10-13,17-18,20,22,25H,6,9,14-16,19H2,1-2H3,(H4,34,35,36). The van der Waals surface area contributed by atoms with Crippen molar-refractivity contribution in [2.75, 3.05) is 31.1 Å². The number of aldehydes is 1. The number of rotatable bonds is 9. The number of carbonyl (C=O) groups is 2. The van der Waals surface area contributed by atoms with Crippen LogP contribution in [-0.2, 0) is 4.79 Å². The van der Waals surface area contributed by atoms with Crippen LogP contribution in [-0.4, -0.2) is 64.8 Å². The van der Waals surface area contributed by atoms with Crippen LogP contribution in [0.5, 0.6) is 0 Å². The van der Waals surface area contributed by atoms with Gasteiger partial charge in [-0.15, -0.1) is 0 Å². The number of hydrogen-bond acceptors (Lipinski definition) is 5. The minimum absolute atomic E-state index is 0.0196. The molecule has 1 fully saturated rings. The maximum absolute atomic E-state index is 13.7. The van der Waals surface area contributed by atoms with Gasteiger partial charge in [-0.3, -0.25) is 9.79 Å². The molecule has 0 aliphatic carbocycles. The maximum atomic E-state index is 13.7. The highest BCUT2D eigenvalue weighted by molar-refractivity contribution is 9.10. The average molecular weight is 631 g/mol. The molecule has 3 aromatic carbocycles. The van der Waals surface area contributed by atoms with E-state index in [4.69, 9.17) is 16.5 Å². The highest BCUT2D eigenvalue weighted by atomic mass is 79.9. The van der Waals surface area contributed by atoms with Crippen molar-refractivity contribution >= 4 is 50.8 Å². The van der Waals surface area contributed by atoms with Gasteiger partial charge in [-0.1, -0.05) is 46.3 Å². The quantitative estimate of drug-likeness (QED) is 0.117. The van der Waals surface area contributed by atoms with Gasteiger partial charge in [0.1, 0.15) is 12.1 Å². The fraction of sp³-hybridized carbons (Fsp3) is 0.312. The molecule has 1 amide bonds. The first kappa shape index (κ1) is 29.3. The molecule has 1 aliphatic heterocycles. The van der Waals surface area contributed by atoms with Crippen molar-refractivity contribution in [3.8, 4) is 11.4 Å². The number of guanidine groups is 1. The minimum Gasteiger partial charge on any atom is -0.370 e. The zero-order chi connectivity index (χ0) is 29.8. The normalized spacial score (nSPS) is 15.9. The van der Waals surface area contributed by atoms with Crippen molar-refractivity contribution in [3.63, 3.8) is 0 Å². The summed E-state index contributed by atoms with van der Waals surface area (Å²) in [4.78, 5) is 39.4. The molecule has 2 heterocycles. The Balaban J connectivity index is 1.44. The number of hydrogen-bond donors (Lipinski definition) is 2. The molecule has 2 atom stereocenters. The molecule has 0 saturated carbocycles. The lowest BCUT2D eigenvalue weighted by Gasteiger charge is -2.41. The van der Waals surface area contributed by atoms with Crippen LogP contribution in [0.4, 0.5) is 5.69 Å². The monoisotopic (exact) mass is 629 g/mol. The number of carbonyl (C=O) groups excluding carboxylic acids is 2. The lowest BCUT2D eigenvalue weighted by molar-refractivity contribution is -0.110. The smallest absolute Gasteiger partial charge is 0.254 e. The predicted octanol–water partition coefficient (Wildman–Crippen LogP) is 4.92. The Morgan fingerprint density at radius 2 is 1.93 bits per heavy atom. The fourth-order valence-corrected chi connectivity index (χ4v) is 6.14. The third kappa shape index (κ3) is 6.18. The second-order valence-electron chi connectivity index (χ2n) is 10.8. The summed E-state index contributed by atoms with van der Waals surface area (Å²) in [6.45, 7) is 6.71. The van der Waals surface area contributed by atoms with E-state index in [0.717, 1.165) is 28.4 Å². The predicted molar refractivity (Wildman–Crippen MR) is 172 cm³/mol. The van der Waals surface area contributed by atoms with Crippen LogP contribution in [0.2, 0.25) is 0 Å². The van der Waals surface area contributed by atoms with Gasteiger partial charge in [0, 0.05) is 53.5 Å². The number of imidazole rings is 1. The van der Waals surface area contributed by atoms with Crippen molar-refractivity contribution in [1.82, 2.24) is 14.5 Å². The van der Waals surface area contributed by atoms with Gasteiger partial charge in [0.25, 0.3) is 5.91 Å². The van der Waals surface area contributed by atoms with Crippen LogP contribution in [0.25, 0.3) is 22.4 Å². The van der Waals surface area contributed by atoms with E-state index in [0.29, 0.717) is 49.4 Å². The Labute approximate surface area is 254 Å². The highest BCUT2D eigenvalue weighted by Gasteiger charge is 2.28. The number of halogens is 1. The van der Waals surface area contributed by atoms with Crippen LogP contribution in [0.1, 0.15) is 41.7 Å². The number of nitrogens with zero attached hydrogens (tertiary/aromatic N) is 5. The summed E-state index contributed by atoms with van der Waals surface area (Å²) >= 11 is 3.64. The summed E-state index contributed by atoms with van der Waals surface area (Å²) in [5.41, 5.74) is 16.2. The van der Waals surface area contributed by atoms with Crippen molar-refractivity contribution < 1.29 is 9.59 Å². The first-order chi connectivity index (χ1) is 20.3. The Hall–Kier alpha value is -4.18. The number of aromatic nitrogens is 2. The third-order valence-electron chi connectivity index (χ3n) is 7.74. The van der Waals surface area contributed by atoms with Gasteiger partial charge < -0.3 is 30.6 Å². The summed E-state index contributed by atoms with van der Waals surface area (Å²) in [5.74, 6) is 0.665. The van der Waals surface area contributed by atoms with Crippen molar-refractivity contribution in [3.05, 3.63) is 82.3 Å². The molecule has 42 heavy (non-hydrogen) atoms. The number of benzene rings is 3. The third-order valence-corrected chi connectivity index (χ3v) is 8.43. The van der Waals surface area contributed by atoms with E-state index in [9.17, 15) is 9.59 Å². The van der Waals surface area contributed by atoms with E-state index in [2.05, 4.69) is 63.9 Å². The van der Waals surface area contributed by atoms with Crippen LogP contribution >= 0.6 is 15.9 Å². The summed E-state index contributed by atoms with van der Waals surface area (Å²) in [5, 5.41) is 0. The van der Waals surface area contributed by atoms with Gasteiger partial charge in [0.2, 0.25) is 0 Å². The molecule has 4 aromatic rings. The Morgan fingerprint density at radius 1 is 1.12 bits per heavy atom. The van der Waals surface area contributed by atoms with E-state index in [1.807, 2.05) is 51.9 Å². The van der Waals surface area contributed by atoms with Crippen LogP contribution < -0.4 is 16.4 Å². The number of aliphatic imine (C=N–C) groups is 1. The van der Waals surface area contributed by atoms with Crippen LogP contribution in [0.3, 0.4) is 0 Å². The zero-order valence-corrected chi connectivity index (χ0v) is 25.5. The highest BCUT2D eigenvalue weighted by Crippen LogP contribution is 2.34. The summed E-state index contributed by atoms with van der Waals surface area (Å²) in [6.07, 6.45) is 2.10. The number of anilines is 1. The molecule has 1 aliphatic rings. The molecule has 0 radical (unpaired) electrons. The Kier molecular flexibility index (Phi) is 8.91. The number of piperazine rings is 1. The lowest BCUT2D eigenvalue weighted by Crippen LogP contribution is -2.53. The summed E-state index contributed by atoms with van der Waals surface area (Å²) in [6, 6.07) is 21.5. The number of aryl methyl sites for hydroxylation is 1. The van der Waals surface area contributed by atoms with Gasteiger partial charge in [0.05, 0.1) is 17.1 Å². The molecule has 4 N–H and O–H groups in total. The molecular formula is C32H36BrN7O2. The van der Waals surface area contributed by atoms with Crippen LogP contribution in [0.15, 0.2) is 76.2 Å². The first-order valence-corrected chi connectivity index (χ1v) is 15.0. The van der Waals surface area contributed by atoms with E-state index in [1.54, 1.807) is 0 Å². The summed E-state index contributed by atoms with van der Waals surface area (Å²) < 4.78 is 2.82. The largest absolute Gasteiger partial charge is 0.370 e. The van der Waals surface area contributed by atoms with Crippen molar-refractivity contribution in [1.29, 1.82) is 0 Å². The average Bonchev–Trinajstić information content (AvgIpc) is 3.35. The second-order valence-corrected chi connectivity index (χ2v) is 11.6. The van der Waals surface area contributed by atoms with Crippen molar-refractivity contribution in [2.45, 2.75) is 38.8 Å². The van der Waals surface area contributed by atoms with Gasteiger partial charge in [0.15, 0.2) is 5.96 Å². The van der Waals surface area contributed by atoms with E-state index < -0.39 is 6.04 Å². The molecule has 9 nitrogen and oxygen atoms in total. The molecule has 0 bridgehead atoms.